The monoisotopic (exact) mass is 289 g/mol. The number of amidine groups is 1. The Morgan fingerprint density at radius 2 is 2.00 bits per heavy atom. The molecule has 1 aromatic carbocycles. The molecule has 2 unspecified atom stereocenters. The summed E-state index contributed by atoms with van der Waals surface area (Å²) in [5.74, 6) is 0.527. The van der Waals surface area contributed by atoms with Crippen LogP contribution in [0.2, 0.25) is 0 Å². The second-order valence-electron chi connectivity index (χ2n) is 5.81. The van der Waals surface area contributed by atoms with Gasteiger partial charge in [-0.25, -0.2) is 0 Å². The first-order valence-corrected chi connectivity index (χ1v) is 7.39. The van der Waals surface area contributed by atoms with Gasteiger partial charge in [0.05, 0.1) is 0 Å². The highest BCUT2D eigenvalue weighted by Crippen LogP contribution is 2.28. The minimum Gasteiger partial charge on any atom is -0.409 e. The van der Waals surface area contributed by atoms with Gasteiger partial charge in [0.25, 0.3) is 5.91 Å². The molecule has 1 aromatic rings. The van der Waals surface area contributed by atoms with Crippen molar-refractivity contribution in [2.45, 2.75) is 38.6 Å². The highest BCUT2D eigenvalue weighted by molar-refractivity contribution is 6.01. The molecule has 0 radical (unpaired) electrons. The summed E-state index contributed by atoms with van der Waals surface area (Å²) >= 11 is 0. The first-order chi connectivity index (χ1) is 10.0. The zero-order valence-electron chi connectivity index (χ0n) is 12.6. The number of hydrogen-bond donors (Lipinski definition) is 2. The van der Waals surface area contributed by atoms with Crippen molar-refractivity contribution in [3.63, 3.8) is 0 Å². The lowest BCUT2D eigenvalue weighted by molar-refractivity contribution is 0.0629. The number of benzene rings is 1. The highest BCUT2D eigenvalue weighted by atomic mass is 16.4. The van der Waals surface area contributed by atoms with Gasteiger partial charge in [-0.3, -0.25) is 4.79 Å². The molecule has 2 rings (SSSR count). The molecule has 0 bridgehead atoms. The van der Waals surface area contributed by atoms with Gasteiger partial charge in [0, 0.05) is 24.2 Å². The molecule has 0 spiro atoms. The van der Waals surface area contributed by atoms with Crippen LogP contribution in [0.3, 0.4) is 0 Å². The third-order valence-corrected chi connectivity index (χ3v) is 4.40. The van der Waals surface area contributed by atoms with E-state index in [0.717, 1.165) is 6.42 Å². The topological polar surface area (TPSA) is 78.9 Å². The molecule has 1 amide bonds. The minimum absolute atomic E-state index is 0.0123. The number of amides is 1. The fourth-order valence-corrected chi connectivity index (χ4v) is 3.10. The van der Waals surface area contributed by atoms with Gasteiger partial charge in [-0.05, 0) is 30.9 Å². The van der Waals surface area contributed by atoms with Gasteiger partial charge >= 0.3 is 0 Å². The van der Waals surface area contributed by atoms with Crippen LogP contribution in [0.1, 0.15) is 48.5 Å². The summed E-state index contributed by atoms with van der Waals surface area (Å²) in [7, 11) is 1.87. The van der Waals surface area contributed by atoms with E-state index in [9.17, 15) is 4.79 Å². The van der Waals surface area contributed by atoms with Crippen LogP contribution in [0.5, 0.6) is 0 Å². The molecule has 2 atom stereocenters. The van der Waals surface area contributed by atoms with Gasteiger partial charge in [-0.15, -0.1) is 0 Å². The molecular weight excluding hydrogens is 266 g/mol. The lowest BCUT2D eigenvalue weighted by Crippen LogP contribution is -2.42. The average molecular weight is 289 g/mol. The van der Waals surface area contributed by atoms with Crippen molar-refractivity contribution in [3.8, 4) is 0 Å². The molecule has 0 aromatic heterocycles. The smallest absolute Gasteiger partial charge is 0.253 e. The summed E-state index contributed by atoms with van der Waals surface area (Å²) in [6.07, 6.45) is 4.66. The van der Waals surface area contributed by atoms with Crippen LogP contribution < -0.4 is 5.73 Å². The standard InChI is InChI=1S/C16H23N3O2/c1-11-6-3-4-9-14(11)19(2)16(20)13-8-5-7-12(10-13)15(17)18-21/h5,7-8,10-11,14,21H,3-4,6,9H2,1-2H3,(H2,17,18). The van der Waals surface area contributed by atoms with Gasteiger partial charge in [0.2, 0.25) is 0 Å². The number of rotatable bonds is 3. The molecule has 5 heteroatoms. The van der Waals surface area contributed by atoms with Crippen molar-refractivity contribution < 1.29 is 10.0 Å². The van der Waals surface area contributed by atoms with Gasteiger partial charge in [-0.2, -0.15) is 0 Å². The number of oxime groups is 1. The molecule has 1 saturated carbocycles. The van der Waals surface area contributed by atoms with Gasteiger partial charge < -0.3 is 15.8 Å². The Morgan fingerprint density at radius 3 is 2.67 bits per heavy atom. The third kappa shape index (κ3) is 3.35. The van der Waals surface area contributed by atoms with E-state index in [1.54, 1.807) is 24.3 Å². The fraction of sp³-hybridized carbons (Fsp3) is 0.500. The first kappa shape index (κ1) is 15.4. The number of carbonyl (C=O) groups excluding carboxylic acids is 1. The van der Waals surface area contributed by atoms with Gasteiger partial charge in [0.1, 0.15) is 0 Å². The van der Waals surface area contributed by atoms with E-state index in [-0.39, 0.29) is 11.7 Å². The van der Waals surface area contributed by atoms with E-state index >= 15 is 0 Å². The largest absolute Gasteiger partial charge is 0.409 e. The van der Waals surface area contributed by atoms with E-state index in [1.807, 2.05) is 11.9 Å². The molecule has 114 valence electrons. The van der Waals surface area contributed by atoms with Crippen molar-refractivity contribution in [2.24, 2.45) is 16.8 Å². The van der Waals surface area contributed by atoms with Crippen molar-refractivity contribution in [2.75, 3.05) is 7.05 Å². The number of nitrogens with two attached hydrogens (primary N) is 1. The summed E-state index contributed by atoms with van der Waals surface area (Å²) in [6, 6.07) is 7.19. The normalized spacial score (nSPS) is 22.9. The summed E-state index contributed by atoms with van der Waals surface area (Å²) in [5.41, 5.74) is 6.70. The Bertz CT molecular complexity index is 542. The van der Waals surface area contributed by atoms with Crippen molar-refractivity contribution >= 4 is 11.7 Å². The lowest BCUT2D eigenvalue weighted by atomic mass is 9.85. The summed E-state index contributed by atoms with van der Waals surface area (Å²) in [4.78, 5) is 14.5. The Morgan fingerprint density at radius 1 is 1.33 bits per heavy atom. The zero-order chi connectivity index (χ0) is 15.4. The predicted octanol–water partition coefficient (Wildman–Crippen LogP) is 2.43. The maximum Gasteiger partial charge on any atom is 0.253 e. The highest BCUT2D eigenvalue weighted by Gasteiger charge is 2.28. The van der Waals surface area contributed by atoms with Crippen LogP contribution in [-0.2, 0) is 0 Å². The van der Waals surface area contributed by atoms with E-state index in [0.29, 0.717) is 23.1 Å². The van der Waals surface area contributed by atoms with E-state index in [2.05, 4.69) is 12.1 Å². The Labute approximate surface area is 125 Å². The molecule has 0 heterocycles. The Balaban J connectivity index is 2.19. The molecular formula is C16H23N3O2. The predicted molar refractivity (Wildman–Crippen MR) is 82.5 cm³/mol. The molecule has 1 fully saturated rings. The summed E-state index contributed by atoms with van der Waals surface area (Å²) < 4.78 is 0. The Kier molecular flexibility index (Phi) is 4.83. The van der Waals surface area contributed by atoms with Crippen LogP contribution in [0.15, 0.2) is 29.4 Å². The maximum absolute atomic E-state index is 12.6. The lowest BCUT2D eigenvalue weighted by Gasteiger charge is -2.36. The van der Waals surface area contributed by atoms with Crippen LogP contribution in [-0.4, -0.2) is 34.9 Å². The molecule has 0 saturated heterocycles. The minimum atomic E-state index is -0.0126. The third-order valence-electron chi connectivity index (χ3n) is 4.40. The second-order valence-corrected chi connectivity index (χ2v) is 5.81. The SMILES string of the molecule is CC1CCCCC1N(C)C(=O)c1cccc(C(N)=NO)c1. The van der Waals surface area contributed by atoms with Crippen LogP contribution in [0.4, 0.5) is 0 Å². The Hall–Kier alpha value is -2.04. The van der Waals surface area contributed by atoms with Gasteiger partial charge in [0.15, 0.2) is 5.84 Å². The zero-order valence-corrected chi connectivity index (χ0v) is 12.6. The fourth-order valence-electron chi connectivity index (χ4n) is 3.10. The summed E-state index contributed by atoms with van der Waals surface area (Å²) in [6.45, 7) is 2.21. The summed E-state index contributed by atoms with van der Waals surface area (Å²) in [5, 5.41) is 11.7. The second kappa shape index (κ2) is 6.61. The molecule has 0 aliphatic heterocycles. The first-order valence-electron chi connectivity index (χ1n) is 7.39. The van der Waals surface area contributed by atoms with Gasteiger partial charge in [-0.1, -0.05) is 37.1 Å². The maximum atomic E-state index is 12.6. The van der Waals surface area contributed by atoms with Crippen LogP contribution in [0, 0.1) is 5.92 Å². The van der Waals surface area contributed by atoms with Crippen molar-refractivity contribution in [3.05, 3.63) is 35.4 Å². The van der Waals surface area contributed by atoms with E-state index in [4.69, 9.17) is 10.9 Å². The quantitative estimate of drug-likeness (QED) is 0.388. The number of carbonyl (C=O) groups is 1. The molecule has 1 aliphatic carbocycles. The van der Waals surface area contributed by atoms with Crippen LogP contribution in [0.25, 0.3) is 0 Å². The van der Waals surface area contributed by atoms with Crippen molar-refractivity contribution in [1.82, 2.24) is 4.90 Å². The average Bonchev–Trinajstić information content (AvgIpc) is 2.53. The van der Waals surface area contributed by atoms with Crippen LogP contribution >= 0.6 is 0 Å². The van der Waals surface area contributed by atoms with E-state index < -0.39 is 0 Å². The number of hydrogen-bond acceptors (Lipinski definition) is 3. The number of nitrogens with zero attached hydrogens (tertiary/aromatic N) is 2. The molecule has 5 nitrogen and oxygen atoms in total. The van der Waals surface area contributed by atoms with Crippen molar-refractivity contribution in [1.29, 1.82) is 0 Å². The molecule has 21 heavy (non-hydrogen) atoms. The van der Waals surface area contributed by atoms with E-state index in [1.165, 1.54) is 19.3 Å². The molecule has 1 aliphatic rings. The molecule has 3 N–H and O–H groups in total.